The number of carbonyl (C=O) groups excluding carboxylic acids is 1. The summed E-state index contributed by atoms with van der Waals surface area (Å²) in [4.78, 5) is 22.3. The number of urea groups is 1. The lowest BCUT2D eigenvalue weighted by Gasteiger charge is -2.28. The Morgan fingerprint density at radius 3 is 2.58 bits per heavy atom. The van der Waals surface area contributed by atoms with E-state index in [1.807, 2.05) is 0 Å². The molecule has 0 aromatic carbocycles. The van der Waals surface area contributed by atoms with Crippen LogP contribution in [0.15, 0.2) is 0 Å². The van der Waals surface area contributed by atoms with E-state index in [1.54, 1.807) is 0 Å². The molecule has 0 radical (unpaired) electrons. The van der Waals surface area contributed by atoms with Crippen LogP contribution in [0.5, 0.6) is 0 Å². The number of rotatable bonds is 6. The summed E-state index contributed by atoms with van der Waals surface area (Å²) in [5.41, 5.74) is 0. The minimum absolute atomic E-state index is 0.0299. The molecule has 1 aliphatic carbocycles. The lowest BCUT2D eigenvalue weighted by molar-refractivity contribution is -0.147. The first-order valence-electron chi connectivity index (χ1n) is 6.82. The number of carboxylic acids is 1. The van der Waals surface area contributed by atoms with Crippen LogP contribution in [0.1, 0.15) is 32.6 Å². The predicted octanol–water partition coefficient (Wildman–Crippen LogP) is 1.21. The van der Waals surface area contributed by atoms with Crippen molar-refractivity contribution >= 4 is 12.0 Å². The van der Waals surface area contributed by atoms with Gasteiger partial charge in [0.15, 0.2) is 6.10 Å². The van der Waals surface area contributed by atoms with Gasteiger partial charge in [0.1, 0.15) is 0 Å². The van der Waals surface area contributed by atoms with Crippen LogP contribution in [0.25, 0.3) is 0 Å². The van der Waals surface area contributed by atoms with Gasteiger partial charge in [0.25, 0.3) is 0 Å². The molecule has 3 unspecified atom stereocenters. The zero-order valence-electron chi connectivity index (χ0n) is 11.6. The Balaban J connectivity index is 2.22. The van der Waals surface area contributed by atoms with Crippen molar-refractivity contribution in [2.75, 3.05) is 20.2 Å². The molecule has 110 valence electrons. The molecule has 1 saturated carbocycles. The number of ether oxygens (including phenoxy) is 1. The van der Waals surface area contributed by atoms with Crippen LogP contribution in [0.2, 0.25) is 0 Å². The Kier molecular flexibility index (Phi) is 6.62. The molecule has 0 aliphatic heterocycles. The highest BCUT2D eigenvalue weighted by Gasteiger charge is 2.22. The maximum Gasteiger partial charge on any atom is 0.334 e. The average Bonchev–Trinajstić information content (AvgIpc) is 2.38. The van der Waals surface area contributed by atoms with E-state index in [2.05, 4.69) is 17.6 Å². The molecule has 0 saturated heterocycles. The van der Waals surface area contributed by atoms with E-state index < -0.39 is 12.1 Å². The van der Waals surface area contributed by atoms with E-state index >= 15 is 0 Å². The van der Waals surface area contributed by atoms with Crippen molar-refractivity contribution in [2.24, 2.45) is 11.8 Å². The minimum Gasteiger partial charge on any atom is -0.479 e. The van der Waals surface area contributed by atoms with Crippen LogP contribution in [0.3, 0.4) is 0 Å². The van der Waals surface area contributed by atoms with Gasteiger partial charge in [-0.05, 0) is 18.3 Å². The van der Waals surface area contributed by atoms with Crippen LogP contribution in [0.4, 0.5) is 4.79 Å². The lowest BCUT2D eigenvalue weighted by Crippen LogP contribution is -2.44. The summed E-state index contributed by atoms with van der Waals surface area (Å²) in [5.74, 6) is 0.0840. The highest BCUT2D eigenvalue weighted by Crippen LogP contribution is 2.28. The third-order valence-electron chi connectivity index (χ3n) is 3.82. The standard InChI is InChI=1S/C13H24N2O4/c1-9-5-3-4-6-10(9)7-14-13(18)15-8-11(19-2)12(16)17/h9-11H,3-8H2,1-2H3,(H,16,17)(H2,14,15,18). The second-order valence-corrected chi connectivity index (χ2v) is 5.18. The van der Waals surface area contributed by atoms with Crippen molar-refractivity contribution in [1.29, 1.82) is 0 Å². The summed E-state index contributed by atoms with van der Waals surface area (Å²) < 4.78 is 4.73. The predicted molar refractivity (Wildman–Crippen MR) is 71.0 cm³/mol. The van der Waals surface area contributed by atoms with Crippen molar-refractivity contribution in [2.45, 2.75) is 38.7 Å². The van der Waals surface area contributed by atoms with Crippen LogP contribution < -0.4 is 10.6 Å². The first kappa shape index (κ1) is 15.8. The number of hydrogen-bond acceptors (Lipinski definition) is 3. The summed E-state index contributed by atoms with van der Waals surface area (Å²) in [6.45, 7) is 2.84. The maximum absolute atomic E-state index is 11.6. The number of carboxylic acid groups (broad SMARTS) is 1. The van der Waals surface area contributed by atoms with Gasteiger partial charge in [0.05, 0.1) is 6.54 Å². The highest BCUT2D eigenvalue weighted by atomic mass is 16.5. The number of aliphatic carboxylic acids is 1. The van der Waals surface area contributed by atoms with Gasteiger partial charge in [-0.15, -0.1) is 0 Å². The number of hydrogen-bond donors (Lipinski definition) is 3. The Morgan fingerprint density at radius 1 is 1.32 bits per heavy atom. The van der Waals surface area contributed by atoms with Gasteiger partial charge in [-0.3, -0.25) is 0 Å². The van der Waals surface area contributed by atoms with Crippen LogP contribution in [0, 0.1) is 11.8 Å². The molecule has 19 heavy (non-hydrogen) atoms. The topological polar surface area (TPSA) is 87.7 Å². The summed E-state index contributed by atoms with van der Waals surface area (Å²) in [7, 11) is 1.31. The molecule has 0 aromatic rings. The third kappa shape index (κ3) is 5.46. The zero-order valence-corrected chi connectivity index (χ0v) is 11.6. The summed E-state index contributed by atoms with van der Waals surface area (Å²) in [6, 6.07) is -0.332. The lowest BCUT2D eigenvalue weighted by atomic mass is 9.80. The molecular formula is C13H24N2O4. The quantitative estimate of drug-likeness (QED) is 0.678. The molecule has 1 fully saturated rings. The second kappa shape index (κ2) is 7.99. The molecule has 0 spiro atoms. The van der Waals surface area contributed by atoms with Gasteiger partial charge in [-0.2, -0.15) is 0 Å². The van der Waals surface area contributed by atoms with E-state index in [4.69, 9.17) is 9.84 Å². The number of nitrogens with one attached hydrogen (secondary N) is 2. The Labute approximate surface area is 113 Å². The van der Waals surface area contributed by atoms with Crippen molar-refractivity contribution in [3.63, 3.8) is 0 Å². The van der Waals surface area contributed by atoms with Crippen molar-refractivity contribution in [3.05, 3.63) is 0 Å². The molecule has 1 rings (SSSR count). The largest absolute Gasteiger partial charge is 0.479 e. The molecule has 6 heteroatoms. The smallest absolute Gasteiger partial charge is 0.334 e. The SMILES string of the molecule is COC(CNC(=O)NCC1CCCCC1C)C(=O)O. The van der Waals surface area contributed by atoms with Crippen LogP contribution >= 0.6 is 0 Å². The van der Waals surface area contributed by atoms with Gasteiger partial charge in [-0.25, -0.2) is 9.59 Å². The average molecular weight is 272 g/mol. The fourth-order valence-corrected chi connectivity index (χ4v) is 2.44. The zero-order chi connectivity index (χ0) is 14.3. The summed E-state index contributed by atoms with van der Waals surface area (Å²) in [6.07, 6.45) is 3.87. The number of amides is 2. The van der Waals surface area contributed by atoms with E-state index in [1.165, 1.54) is 26.4 Å². The molecule has 3 atom stereocenters. The Morgan fingerprint density at radius 2 is 2.00 bits per heavy atom. The Bertz CT molecular complexity index is 309. The first-order chi connectivity index (χ1) is 9.04. The normalized spacial score (nSPS) is 24.5. The van der Waals surface area contributed by atoms with E-state index in [9.17, 15) is 9.59 Å². The molecule has 0 heterocycles. The van der Waals surface area contributed by atoms with Crippen molar-refractivity contribution < 1.29 is 19.4 Å². The van der Waals surface area contributed by atoms with Crippen molar-refractivity contribution in [3.8, 4) is 0 Å². The van der Waals surface area contributed by atoms with Gasteiger partial charge in [0.2, 0.25) is 0 Å². The fourth-order valence-electron chi connectivity index (χ4n) is 2.44. The number of methoxy groups -OCH3 is 1. The van der Waals surface area contributed by atoms with Gasteiger partial charge < -0.3 is 20.5 Å². The van der Waals surface area contributed by atoms with Gasteiger partial charge in [-0.1, -0.05) is 26.2 Å². The van der Waals surface area contributed by atoms with E-state index in [-0.39, 0.29) is 12.6 Å². The second-order valence-electron chi connectivity index (χ2n) is 5.18. The van der Waals surface area contributed by atoms with Crippen LogP contribution in [-0.4, -0.2) is 43.4 Å². The minimum atomic E-state index is -1.08. The van der Waals surface area contributed by atoms with Crippen molar-refractivity contribution in [1.82, 2.24) is 10.6 Å². The summed E-state index contributed by atoms with van der Waals surface area (Å²) >= 11 is 0. The van der Waals surface area contributed by atoms with Gasteiger partial charge >= 0.3 is 12.0 Å². The highest BCUT2D eigenvalue weighted by molar-refractivity contribution is 5.76. The monoisotopic (exact) mass is 272 g/mol. The van der Waals surface area contributed by atoms with Crippen LogP contribution in [-0.2, 0) is 9.53 Å². The first-order valence-corrected chi connectivity index (χ1v) is 6.82. The molecule has 0 bridgehead atoms. The molecule has 2 amide bonds. The van der Waals surface area contributed by atoms with E-state index in [0.717, 1.165) is 6.42 Å². The fraction of sp³-hybridized carbons (Fsp3) is 0.846. The number of carbonyl (C=O) groups is 2. The maximum atomic E-state index is 11.6. The molecule has 6 nitrogen and oxygen atoms in total. The molecular weight excluding hydrogens is 248 g/mol. The summed E-state index contributed by atoms with van der Waals surface area (Å²) in [5, 5.41) is 14.1. The molecule has 3 N–H and O–H groups in total. The molecule has 0 aromatic heterocycles. The van der Waals surface area contributed by atoms with E-state index in [0.29, 0.717) is 18.4 Å². The Hall–Kier alpha value is -1.30. The van der Waals surface area contributed by atoms with Gasteiger partial charge in [0, 0.05) is 13.7 Å². The third-order valence-corrected chi connectivity index (χ3v) is 3.82. The molecule has 1 aliphatic rings.